The summed E-state index contributed by atoms with van der Waals surface area (Å²) in [4.78, 5) is 8.98. The zero-order chi connectivity index (χ0) is 23.3. The van der Waals surface area contributed by atoms with Crippen molar-refractivity contribution in [1.82, 2.24) is 9.97 Å². The topological polar surface area (TPSA) is 73.6 Å². The van der Waals surface area contributed by atoms with Gasteiger partial charge in [-0.2, -0.15) is 10.2 Å². The maximum absolute atomic E-state index is 9.52. The second-order valence-electron chi connectivity index (χ2n) is 9.82. The van der Waals surface area contributed by atoms with E-state index >= 15 is 0 Å². The van der Waals surface area contributed by atoms with E-state index in [-0.39, 0.29) is 5.41 Å². The second kappa shape index (κ2) is 10.0. The molecule has 0 bridgehead atoms. The van der Waals surface area contributed by atoms with Gasteiger partial charge in [0.2, 0.25) is 5.95 Å². The third kappa shape index (κ3) is 5.70. The number of benzene rings is 2. The van der Waals surface area contributed by atoms with E-state index in [9.17, 15) is 5.26 Å². The van der Waals surface area contributed by atoms with E-state index in [0.717, 1.165) is 25.8 Å². The molecule has 170 valence electrons. The van der Waals surface area contributed by atoms with Crippen molar-refractivity contribution in [3.63, 3.8) is 0 Å². The first-order valence-electron chi connectivity index (χ1n) is 11.9. The first-order chi connectivity index (χ1) is 15.9. The van der Waals surface area contributed by atoms with Gasteiger partial charge in [0.05, 0.1) is 6.20 Å². The lowest BCUT2D eigenvalue weighted by Gasteiger charge is -2.41. The van der Waals surface area contributed by atoms with Crippen LogP contribution >= 0.6 is 0 Å². The summed E-state index contributed by atoms with van der Waals surface area (Å²) in [5.74, 6) is 1.90. The summed E-state index contributed by atoms with van der Waals surface area (Å²) in [6, 6.07) is 21.6. The zero-order valence-corrected chi connectivity index (χ0v) is 19.8. The van der Waals surface area contributed by atoms with Gasteiger partial charge in [-0.15, -0.1) is 0 Å². The van der Waals surface area contributed by atoms with Crippen LogP contribution in [0.5, 0.6) is 0 Å². The van der Waals surface area contributed by atoms with Gasteiger partial charge in [0.25, 0.3) is 0 Å². The van der Waals surface area contributed by atoms with Crippen molar-refractivity contribution in [1.29, 1.82) is 5.26 Å². The Morgan fingerprint density at radius 2 is 1.76 bits per heavy atom. The number of nitrogens with zero attached hydrogens (tertiary/aromatic N) is 3. The van der Waals surface area contributed by atoms with Crippen LogP contribution in [-0.2, 0) is 6.42 Å². The fourth-order valence-electron chi connectivity index (χ4n) is 4.57. The highest BCUT2D eigenvalue weighted by Crippen LogP contribution is 2.41. The Morgan fingerprint density at radius 1 is 1.03 bits per heavy atom. The van der Waals surface area contributed by atoms with Gasteiger partial charge in [-0.05, 0) is 53.7 Å². The van der Waals surface area contributed by atoms with Gasteiger partial charge in [-0.3, -0.25) is 0 Å². The fraction of sp³-hybridized carbons (Fsp3) is 0.393. The van der Waals surface area contributed by atoms with E-state index in [1.54, 1.807) is 6.20 Å². The summed E-state index contributed by atoms with van der Waals surface area (Å²) in [7, 11) is 0. The maximum Gasteiger partial charge on any atom is 0.224 e. The third-order valence-electron chi connectivity index (χ3n) is 7.06. The average Bonchev–Trinajstić information content (AvgIpc) is 2.82. The molecular formula is C28H33N5. The molecule has 0 spiro atoms. The number of rotatable bonds is 7. The molecule has 5 nitrogen and oxygen atoms in total. The molecule has 1 saturated carbocycles. The molecule has 0 radical (unpaired) electrons. The number of anilines is 2. The minimum Gasteiger partial charge on any atom is -0.366 e. The molecule has 1 aliphatic rings. The van der Waals surface area contributed by atoms with Gasteiger partial charge in [0.15, 0.2) is 0 Å². The third-order valence-corrected chi connectivity index (χ3v) is 7.06. The summed E-state index contributed by atoms with van der Waals surface area (Å²) >= 11 is 0. The lowest BCUT2D eigenvalue weighted by molar-refractivity contribution is 0.143. The summed E-state index contributed by atoms with van der Waals surface area (Å²) < 4.78 is 0. The van der Waals surface area contributed by atoms with Crippen LogP contribution in [0.15, 0.2) is 60.8 Å². The highest BCUT2D eigenvalue weighted by atomic mass is 15.1. The minimum atomic E-state index is 0.285. The highest BCUT2D eigenvalue weighted by molar-refractivity contribution is 5.63. The normalized spacial score (nSPS) is 19.5. The van der Waals surface area contributed by atoms with E-state index in [0.29, 0.717) is 29.3 Å². The van der Waals surface area contributed by atoms with Crippen LogP contribution in [0.1, 0.15) is 51.2 Å². The van der Waals surface area contributed by atoms with Crippen LogP contribution in [0.2, 0.25) is 0 Å². The Balaban J connectivity index is 1.35. The molecular weight excluding hydrogens is 406 g/mol. The van der Waals surface area contributed by atoms with E-state index < -0.39 is 0 Å². The van der Waals surface area contributed by atoms with Crippen LogP contribution in [-0.4, -0.2) is 22.6 Å². The number of hydrogen-bond donors (Lipinski definition) is 2. The molecule has 2 N–H and O–H groups in total. The van der Waals surface area contributed by atoms with E-state index in [4.69, 9.17) is 0 Å². The van der Waals surface area contributed by atoms with Crippen molar-refractivity contribution in [2.75, 3.05) is 17.2 Å². The van der Waals surface area contributed by atoms with Crippen molar-refractivity contribution < 1.29 is 0 Å². The van der Waals surface area contributed by atoms with Crippen LogP contribution in [0, 0.1) is 22.7 Å². The monoisotopic (exact) mass is 439 g/mol. The van der Waals surface area contributed by atoms with Gasteiger partial charge in [0, 0.05) is 12.6 Å². The SMILES string of the molecule is C[C@H]1CC[C@@H](Nc2nc(NCCc3ccc(-c4ccccc4)cc3)ncc2C#N)CC1(C)C. The highest BCUT2D eigenvalue weighted by Gasteiger charge is 2.34. The van der Waals surface area contributed by atoms with Crippen molar-refractivity contribution in [2.45, 2.75) is 52.5 Å². The van der Waals surface area contributed by atoms with E-state index in [1.807, 2.05) is 6.07 Å². The molecule has 2 aromatic carbocycles. The minimum absolute atomic E-state index is 0.285. The molecule has 1 aliphatic carbocycles. The van der Waals surface area contributed by atoms with Crippen molar-refractivity contribution in [3.8, 4) is 17.2 Å². The molecule has 4 rings (SSSR count). The molecule has 1 aromatic heterocycles. The predicted octanol–water partition coefficient (Wildman–Crippen LogP) is 6.30. The molecule has 0 amide bonds. The number of hydrogen-bond acceptors (Lipinski definition) is 5. The maximum atomic E-state index is 9.52. The first-order valence-corrected chi connectivity index (χ1v) is 11.9. The average molecular weight is 440 g/mol. The van der Waals surface area contributed by atoms with Gasteiger partial charge in [-0.25, -0.2) is 4.98 Å². The molecule has 0 unspecified atom stereocenters. The standard InChI is InChI=1S/C28H33N5/c1-20-9-14-25(17-28(20,2)3)32-26-24(18-29)19-31-27(33-26)30-16-15-21-10-12-23(13-11-21)22-7-5-4-6-8-22/h4-8,10-13,19-20,25H,9,14-17H2,1-3H3,(H2,30,31,32,33)/t20-,25+/m0/s1. The fourth-order valence-corrected chi connectivity index (χ4v) is 4.57. The first kappa shape index (κ1) is 22.8. The van der Waals surface area contributed by atoms with Gasteiger partial charge in [0.1, 0.15) is 17.5 Å². The van der Waals surface area contributed by atoms with Gasteiger partial charge >= 0.3 is 0 Å². The van der Waals surface area contributed by atoms with Gasteiger partial charge in [-0.1, -0.05) is 75.4 Å². The predicted molar refractivity (Wildman–Crippen MR) is 135 cm³/mol. The molecule has 2 atom stereocenters. The summed E-state index contributed by atoms with van der Waals surface area (Å²) in [5, 5.41) is 16.4. The zero-order valence-electron chi connectivity index (χ0n) is 19.8. The Bertz CT molecular complexity index is 1100. The molecule has 0 saturated heterocycles. The molecule has 33 heavy (non-hydrogen) atoms. The smallest absolute Gasteiger partial charge is 0.224 e. The molecule has 3 aromatic rings. The molecule has 5 heteroatoms. The quantitative estimate of drug-likeness (QED) is 0.452. The van der Waals surface area contributed by atoms with Crippen LogP contribution in [0.25, 0.3) is 11.1 Å². The summed E-state index contributed by atoms with van der Waals surface area (Å²) in [6.45, 7) is 7.72. The van der Waals surface area contributed by atoms with Crippen molar-refractivity contribution in [2.24, 2.45) is 11.3 Å². The lowest BCUT2D eigenvalue weighted by atomic mass is 9.68. The second-order valence-corrected chi connectivity index (χ2v) is 9.82. The largest absolute Gasteiger partial charge is 0.366 e. The van der Waals surface area contributed by atoms with Crippen molar-refractivity contribution >= 4 is 11.8 Å². The van der Waals surface area contributed by atoms with Crippen LogP contribution in [0.3, 0.4) is 0 Å². The van der Waals surface area contributed by atoms with Crippen LogP contribution < -0.4 is 10.6 Å². The molecule has 1 heterocycles. The summed E-state index contributed by atoms with van der Waals surface area (Å²) in [6.07, 6.45) is 5.84. The Labute approximate surface area is 197 Å². The van der Waals surface area contributed by atoms with E-state index in [1.165, 1.54) is 23.1 Å². The lowest BCUT2D eigenvalue weighted by Crippen LogP contribution is -2.37. The Morgan fingerprint density at radius 3 is 2.45 bits per heavy atom. The van der Waals surface area contributed by atoms with Crippen LogP contribution in [0.4, 0.5) is 11.8 Å². The van der Waals surface area contributed by atoms with E-state index in [2.05, 4.69) is 96.0 Å². The Kier molecular flexibility index (Phi) is 6.93. The van der Waals surface area contributed by atoms with Crippen molar-refractivity contribution in [3.05, 3.63) is 71.9 Å². The number of nitriles is 1. The molecule has 1 fully saturated rings. The van der Waals surface area contributed by atoms with Gasteiger partial charge < -0.3 is 10.6 Å². The summed E-state index contributed by atoms with van der Waals surface area (Å²) in [5.41, 5.74) is 4.48. The number of nitrogens with one attached hydrogen (secondary N) is 2. The number of aromatic nitrogens is 2. The molecule has 0 aliphatic heterocycles. The Hall–Kier alpha value is -3.39.